The number of carbonyl (C=O) groups excluding carboxylic acids is 1. The third-order valence-corrected chi connectivity index (χ3v) is 3.75. The Kier molecular flexibility index (Phi) is 5.66. The van der Waals surface area contributed by atoms with Gasteiger partial charge in [0.2, 0.25) is 0 Å². The number of hydrazone groups is 1. The minimum atomic E-state index is -0.545. The van der Waals surface area contributed by atoms with E-state index < -0.39 is 10.8 Å². The molecule has 0 radical (unpaired) electrons. The fraction of sp³-hybridized carbons (Fsp3) is 0.0526. The van der Waals surface area contributed by atoms with Gasteiger partial charge >= 0.3 is 0 Å². The molecule has 0 fully saturated rings. The first-order chi connectivity index (χ1) is 13.5. The van der Waals surface area contributed by atoms with E-state index >= 15 is 0 Å². The van der Waals surface area contributed by atoms with Crippen LogP contribution < -0.4 is 5.43 Å². The first-order valence-electron chi connectivity index (χ1n) is 8.20. The lowest BCUT2D eigenvalue weighted by Crippen LogP contribution is -2.20. The molecule has 0 aliphatic rings. The molecule has 1 amide bonds. The van der Waals surface area contributed by atoms with E-state index in [1.807, 2.05) is 30.3 Å². The predicted molar refractivity (Wildman–Crippen MR) is 102 cm³/mol. The highest BCUT2D eigenvalue weighted by atomic mass is 16.6. The summed E-state index contributed by atoms with van der Waals surface area (Å²) < 4.78 is 4.52. The first-order valence-corrected chi connectivity index (χ1v) is 8.20. The molecule has 2 aromatic carbocycles. The van der Waals surface area contributed by atoms with Gasteiger partial charge < -0.3 is 0 Å². The van der Waals surface area contributed by atoms with Crippen molar-refractivity contribution in [3.05, 3.63) is 93.3 Å². The molecule has 0 aliphatic heterocycles. The lowest BCUT2D eigenvalue weighted by atomic mass is 10.1. The molecular weight excluding hydrogens is 362 g/mol. The highest BCUT2D eigenvalue weighted by molar-refractivity contribution is 6.11. The van der Waals surface area contributed by atoms with E-state index in [1.165, 1.54) is 12.1 Å². The molecule has 9 heteroatoms. The molecule has 1 heterocycles. The van der Waals surface area contributed by atoms with Crippen molar-refractivity contribution in [3.63, 3.8) is 0 Å². The molecule has 3 rings (SSSR count). The average molecular weight is 377 g/mol. The standard InChI is InChI=1S/C19H15N5O4/c1-13-18(23-28-22-13)19(25)21-20-17(15-5-3-2-4-6-15)12-9-14-7-10-16(11-8-14)24(26)27/h2-12H,1H3,(H,21,25)/b12-9+,20-17+. The second kappa shape index (κ2) is 8.49. The summed E-state index contributed by atoms with van der Waals surface area (Å²) in [6.07, 6.45) is 3.44. The van der Waals surface area contributed by atoms with E-state index in [0.29, 0.717) is 11.4 Å². The van der Waals surface area contributed by atoms with Crippen LogP contribution in [0.25, 0.3) is 6.08 Å². The zero-order chi connectivity index (χ0) is 19.9. The summed E-state index contributed by atoms with van der Waals surface area (Å²) in [6.45, 7) is 1.60. The van der Waals surface area contributed by atoms with E-state index in [1.54, 1.807) is 31.2 Å². The summed E-state index contributed by atoms with van der Waals surface area (Å²) in [5, 5.41) is 22.0. The Morgan fingerprint density at radius 1 is 1.14 bits per heavy atom. The Morgan fingerprint density at radius 2 is 1.86 bits per heavy atom. The fourth-order valence-corrected chi connectivity index (χ4v) is 2.29. The van der Waals surface area contributed by atoms with Gasteiger partial charge in [-0.3, -0.25) is 14.9 Å². The Balaban J connectivity index is 1.84. The molecule has 0 saturated heterocycles. The number of rotatable bonds is 6. The van der Waals surface area contributed by atoms with Crippen molar-refractivity contribution in [2.24, 2.45) is 5.10 Å². The largest absolute Gasteiger partial charge is 0.295 e. The number of allylic oxidation sites excluding steroid dienone is 1. The number of nitrogens with one attached hydrogen (secondary N) is 1. The molecule has 0 saturated carbocycles. The molecule has 9 nitrogen and oxygen atoms in total. The number of nitro benzene ring substituents is 1. The summed E-state index contributed by atoms with van der Waals surface area (Å²) in [7, 11) is 0. The Hall–Kier alpha value is -4.14. The molecule has 3 aromatic rings. The van der Waals surface area contributed by atoms with E-state index in [2.05, 4.69) is 25.5 Å². The topological polar surface area (TPSA) is 124 Å². The summed E-state index contributed by atoms with van der Waals surface area (Å²) in [4.78, 5) is 22.5. The van der Waals surface area contributed by atoms with Crippen LogP contribution in [-0.2, 0) is 0 Å². The third-order valence-electron chi connectivity index (χ3n) is 3.75. The molecule has 0 spiro atoms. The molecule has 0 bridgehead atoms. The summed E-state index contributed by atoms with van der Waals surface area (Å²) in [6, 6.07) is 15.3. The SMILES string of the molecule is Cc1nonc1C(=O)N/N=C(\C=C\c1ccc([N+](=O)[O-])cc1)c1ccccc1. The van der Waals surface area contributed by atoms with Crippen molar-refractivity contribution in [1.29, 1.82) is 0 Å². The highest BCUT2D eigenvalue weighted by Crippen LogP contribution is 2.13. The minimum Gasteiger partial charge on any atom is -0.265 e. The third kappa shape index (κ3) is 4.52. The maximum absolute atomic E-state index is 12.2. The summed E-state index contributed by atoms with van der Waals surface area (Å²) >= 11 is 0. The number of nitrogens with zero attached hydrogens (tertiary/aromatic N) is 4. The predicted octanol–water partition coefficient (Wildman–Crippen LogP) is 3.13. The monoisotopic (exact) mass is 377 g/mol. The second-order valence-corrected chi connectivity index (χ2v) is 5.68. The number of benzene rings is 2. The number of aromatic nitrogens is 2. The number of nitro groups is 1. The summed E-state index contributed by atoms with van der Waals surface area (Å²) in [5.41, 5.74) is 4.86. The van der Waals surface area contributed by atoms with Crippen molar-refractivity contribution < 1.29 is 14.3 Å². The van der Waals surface area contributed by atoms with Crippen LogP contribution in [0.3, 0.4) is 0 Å². The highest BCUT2D eigenvalue weighted by Gasteiger charge is 2.14. The van der Waals surface area contributed by atoms with Crippen LogP contribution in [0.15, 0.2) is 70.4 Å². The molecule has 28 heavy (non-hydrogen) atoms. The second-order valence-electron chi connectivity index (χ2n) is 5.68. The molecule has 1 aromatic heterocycles. The molecule has 1 N–H and O–H groups in total. The van der Waals surface area contributed by atoms with Gasteiger partial charge in [0.25, 0.3) is 11.6 Å². The van der Waals surface area contributed by atoms with Gasteiger partial charge in [-0.2, -0.15) is 5.10 Å². The number of hydrogen-bond donors (Lipinski definition) is 1. The number of non-ortho nitro benzene ring substituents is 1. The van der Waals surface area contributed by atoms with Gasteiger partial charge in [0.05, 0.1) is 10.6 Å². The smallest absolute Gasteiger partial charge is 0.265 e. The number of carbonyl (C=O) groups is 1. The Bertz CT molecular complexity index is 1040. The Morgan fingerprint density at radius 3 is 2.46 bits per heavy atom. The molecule has 0 atom stereocenters. The van der Waals surface area contributed by atoms with Gasteiger partial charge in [-0.1, -0.05) is 41.6 Å². The van der Waals surface area contributed by atoms with Gasteiger partial charge in [-0.05, 0) is 35.9 Å². The van der Waals surface area contributed by atoms with Crippen LogP contribution in [0.5, 0.6) is 0 Å². The van der Waals surface area contributed by atoms with Crippen molar-refractivity contribution in [3.8, 4) is 0 Å². The maximum atomic E-state index is 12.2. The van der Waals surface area contributed by atoms with Crippen LogP contribution >= 0.6 is 0 Å². The van der Waals surface area contributed by atoms with Crippen molar-refractivity contribution >= 4 is 23.4 Å². The van der Waals surface area contributed by atoms with E-state index in [9.17, 15) is 14.9 Å². The quantitative estimate of drug-likeness (QED) is 0.400. The average Bonchev–Trinajstić information content (AvgIpc) is 3.15. The van der Waals surface area contributed by atoms with Crippen LogP contribution in [0.4, 0.5) is 5.69 Å². The minimum absolute atomic E-state index is 0.0120. The molecule has 0 aliphatic carbocycles. The zero-order valence-electron chi connectivity index (χ0n) is 14.8. The fourth-order valence-electron chi connectivity index (χ4n) is 2.29. The normalized spacial score (nSPS) is 11.5. The molecule has 140 valence electrons. The van der Waals surface area contributed by atoms with Crippen LogP contribution in [0.2, 0.25) is 0 Å². The van der Waals surface area contributed by atoms with Crippen molar-refractivity contribution in [1.82, 2.24) is 15.7 Å². The van der Waals surface area contributed by atoms with Gasteiger partial charge in [0.1, 0.15) is 5.69 Å². The number of aryl methyl sites for hydroxylation is 1. The first kappa shape index (κ1) is 18.6. The lowest BCUT2D eigenvalue weighted by Gasteiger charge is -2.03. The van der Waals surface area contributed by atoms with Crippen LogP contribution in [0.1, 0.15) is 27.3 Å². The van der Waals surface area contributed by atoms with Gasteiger partial charge in [0, 0.05) is 17.7 Å². The van der Waals surface area contributed by atoms with Gasteiger partial charge in [-0.25, -0.2) is 10.1 Å². The summed E-state index contributed by atoms with van der Waals surface area (Å²) in [5.74, 6) is -0.545. The van der Waals surface area contributed by atoms with E-state index in [4.69, 9.17) is 0 Å². The van der Waals surface area contributed by atoms with Crippen LogP contribution in [0, 0.1) is 17.0 Å². The van der Waals surface area contributed by atoms with Gasteiger partial charge in [0.15, 0.2) is 5.69 Å². The molecular formula is C19H15N5O4. The lowest BCUT2D eigenvalue weighted by molar-refractivity contribution is -0.384. The maximum Gasteiger partial charge on any atom is 0.295 e. The van der Waals surface area contributed by atoms with Crippen molar-refractivity contribution in [2.45, 2.75) is 6.92 Å². The van der Waals surface area contributed by atoms with Crippen molar-refractivity contribution in [2.75, 3.05) is 0 Å². The molecule has 0 unspecified atom stereocenters. The zero-order valence-corrected chi connectivity index (χ0v) is 14.8. The van der Waals surface area contributed by atoms with E-state index in [-0.39, 0.29) is 11.4 Å². The van der Waals surface area contributed by atoms with E-state index in [0.717, 1.165) is 11.1 Å². The van der Waals surface area contributed by atoms with Crippen LogP contribution in [-0.4, -0.2) is 26.9 Å². The number of hydrogen-bond acceptors (Lipinski definition) is 7. The Labute approximate surface area is 159 Å². The number of amides is 1. The van der Waals surface area contributed by atoms with Gasteiger partial charge in [-0.15, -0.1) is 0 Å².